The van der Waals surface area contributed by atoms with Gasteiger partial charge in [0, 0.05) is 36.8 Å². The Labute approximate surface area is 211 Å². The van der Waals surface area contributed by atoms with Gasteiger partial charge in [-0.2, -0.15) is 0 Å². The van der Waals surface area contributed by atoms with Gasteiger partial charge in [-0.25, -0.2) is 8.42 Å². The van der Waals surface area contributed by atoms with E-state index in [1.54, 1.807) is 40.6 Å². The van der Waals surface area contributed by atoms with Crippen LogP contribution in [0.4, 0.5) is 5.69 Å². The van der Waals surface area contributed by atoms with Crippen molar-refractivity contribution >= 4 is 33.0 Å². The highest BCUT2D eigenvalue weighted by Crippen LogP contribution is 2.32. The number of hydrogen-bond donors (Lipinski definition) is 2. The Kier molecular flexibility index (Phi) is 8.05. The normalized spacial score (nSPS) is 22.1. The summed E-state index contributed by atoms with van der Waals surface area (Å²) in [6.45, 7) is 6.02. The standard InChI is InChI=1S/C25H35N3O5S2/c1-17-13-28(18(2)16-29)24(30)12-20-11-21(26-35(31,32)25-5-4-10-34-25)8-9-22(20)33-23(17)15-27(3)14-19-6-7-19/h4-5,8-11,17-19,23,26,29H,6-7,12-16H2,1-3H3/t17-,18+,23-/m0/s1. The number of aliphatic hydroxyl groups excluding tert-OH is 1. The maximum atomic E-state index is 13.3. The zero-order valence-electron chi connectivity index (χ0n) is 20.5. The lowest BCUT2D eigenvalue weighted by Crippen LogP contribution is -2.47. The molecule has 0 radical (unpaired) electrons. The SMILES string of the molecule is C[C@H](CO)N1C[C@H](C)[C@H](CN(C)CC2CC2)Oc2ccc(NS(=O)(=O)c3cccs3)cc2CC1=O. The van der Waals surface area contributed by atoms with E-state index in [0.717, 1.165) is 30.3 Å². The monoisotopic (exact) mass is 521 g/mol. The molecule has 1 aromatic heterocycles. The van der Waals surface area contributed by atoms with Crippen molar-refractivity contribution in [3.05, 3.63) is 41.3 Å². The number of amides is 1. The van der Waals surface area contributed by atoms with E-state index in [1.165, 1.54) is 12.8 Å². The van der Waals surface area contributed by atoms with Crippen molar-refractivity contribution in [3.8, 4) is 5.75 Å². The number of fused-ring (bicyclic) bond motifs is 1. The molecular weight excluding hydrogens is 486 g/mol. The van der Waals surface area contributed by atoms with Crippen LogP contribution in [-0.2, 0) is 21.2 Å². The minimum Gasteiger partial charge on any atom is -0.488 e. The molecule has 1 aliphatic carbocycles. The largest absolute Gasteiger partial charge is 0.488 e. The van der Waals surface area contributed by atoms with E-state index in [4.69, 9.17) is 4.74 Å². The van der Waals surface area contributed by atoms with Gasteiger partial charge in [0.2, 0.25) is 5.91 Å². The Hall–Kier alpha value is -2.14. The van der Waals surface area contributed by atoms with Crippen LogP contribution in [0, 0.1) is 11.8 Å². The number of anilines is 1. The molecule has 1 aliphatic heterocycles. The first-order chi connectivity index (χ1) is 16.7. The van der Waals surface area contributed by atoms with E-state index in [9.17, 15) is 18.3 Å². The predicted octanol–water partition coefficient (Wildman–Crippen LogP) is 3.04. The van der Waals surface area contributed by atoms with Gasteiger partial charge in [-0.15, -0.1) is 11.3 Å². The van der Waals surface area contributed by atoms with Crippen molar-refractivity contribution in [2.24, 2.45) is 11.8 Å². The van der Waals surface area contributed by atoms with Crippen molar-refractivity contribution in [3.63, 3.8) is 0 Å². The van der Waals surface area contributed by atoms with Crippen LogP contribution in [0.1, 0.15) is 32.3 Å². The van der Waals surface area contributed by atoms with Crippen LogP contribution >= 0.6 is 11.3 Å². The van der Waals surface area contributed by atoms with Crippen molar-refractivity contribution in [1.29, 1.82) is 0 Å². The van der Waals surface area contributed by atoms with E-state index in [1.807, 2.05) is 6.92 Å². The Morgan fingerprint density at radius 1 is 1.29 bits per heavy atom. The predicted molar refractivity (Wildman–Crippen MR) is 137 cm³/mol. The highest BCUT2D eigenvalue weighted by Gasteiger charge is 2.32. The van der Waals surface area contributed by atoms with E-state index in [-0.39, 0.29) is 41.2 Å². The summed E-state index contributed by atoms with van der Waals surface area (Å²) >= 11 is 1.14. The maximum absolute atomic E-state index is 13.3. The lowest BCUT2D eigenvalue weighted by Gasteiger charge is -2.34. The van der Waals surface area contributed by atoms with Crippen molar-refractivity contribution in [2.45, 2.75) is 49.5 Å². The zero-order valence-corrected chi connectivity index (χ0v) is 22.1. The number of benzene rings is 1. The van der Waals surface area contributed by atoms with Gasteiger partial charge in [-0.05, 0) is 62.4 Å². The molecule has 2 aliphatic rings. The molecule has 2 aromatic rings. The van der Waals surface area contributed by atoms with Crippen molar-refractivity contribution < 1.29 is 23.1 Å². The second-order valence-electron chi connectivity index (χ2n) is 9.91. The Morgan fingerprint density at radius 3 is 2.71 bits per heavy atom. The molecule has 2 heterocycles. The summed E-state index contributed by atoms with van der Waals surface area (Å²) in [6.07, 6.45) is 2.44. The summed E-state index contributed by atoms with van der Waals surface area (Å²) in [4.78, 5) is 17.3. The molecule has 192 valence electrons. The van der Waals surface area contributed by atoms with Crippen LogP contribution in [0.15, 0.2) is 39.9 Å². The third-order valence-corrected chi connectivity index (χ3v) is 9.47. The first kappa shape index (κ1) is 25.9. The molecular formula is C25H35N3O5S2. The second-order valence-corrected chi connectivity index (χ2v) is 12.8. The van der Waals surface area contributed by atoms with Gasteiger partial charge in [-0.1, -0.05) is 13.0 Å². The van der Waals surface area contributed by atoms with Gasteiger partial charge in [0.15, 0.2) is 0 Å². The second kappa shape index (κ2) is 10.9. The summed E-state index contributed by atoms with van der Waals surface area (Å²) in [6, 6.07) is 8.03. The zero-order chi connectivity index (χ0) is 25.2. The van der Waals surface area contributed by atoms with Gasteiger partial charge in [-0.3, -0.25) is 9.52 Å². The van der Waals surface area contributed by atoms with Gasteiger partial charge >= 0.3 is 0 Å². The van der Waals surface area contributed by atoms with Gasteiger partial charge < -0.3 is 19.6 Å². The van der Waals surface area contributed by atoms with E-state index in [0.29, 0.717) is 23.5 Å². The molecule has 1 amide bonds. The molecule has 2 N–H and O–H groups in total. The number of rotatable bonds is 9. The van der Waals surface area contributed by atoms with Gasteiger partial charge in [0.25, 0.3) is 10.0 Å². The smallest absolute Gasteiger partial charge is 0.271 e. The van der Waals surface area contributed by atoms with Crippen LogP contribution in [0.2, 0.25) is 0 Å². The fourth-order valence-corrected chi connectivity index (χ4v) is 6.50. The molecule has 0 unspecified atom stereocenters. The Morgan fingerprint density at radius 2 is 2.06 bits per heavy atom. The molecule has 0 bridgehead atoms. The van der Waals surface area contributed by atoms with Crippen LogP contribution in [0.3, 0.4) is 0 Å². The summed E-state index contributed by atoms with van der Waals surface area (Å²) in [5.74, 6) is 1.27. The number of likely N-dealkylation sites (N-methyl/N-ethyl adjacent to an activating group) is 1. The van der Waals surface area contributed by atoms with Crippen LogP contribution in [0.5, 0.6) is 5.75 Å². The number of hydrogen-bond acceptors (Lipinski definition) is 7. The van der Waals surface area contributed by atoms with Crippen LogP contribution < -0.4 is 9.46 Å². The molecule has 1 aromatic carbocycles. The summed E-state index contributed by atoms with van der Waals surface area (Å²) in [5.41, 5.74) is 1.01. The number of nitrogens with zero attached hydrogens (tertiary/aromatic N) is 2. The first-order valence-corrected chi connectivity index (χ1v) is 14.5. The minimum atomic E-state index is -3.71. The molecule has 4 rings (SSSR count). The number of thiophene rings is 1. The molecule has 3 atom stereocenters. The number of nitrogens with one attached hydrogen (secondary N) is 1. The number of carbonyl (C=O) groups is 1. The summed E-state index contributed by atoms with van der Waals surface area (Å²) < 4.78 is 34.8. The fourth-order valence-electron chi connectivity index (χ4n) is 4.46. The van der Waals surface area contributed by atoms with Gasteiger partial charge in [0.05, 0.1) is 19.1 Å². The Balaban J connectivity index is 1.63. The topological polar surface area (TPSA) is 99.2 Å². The average Bonchev–Trinajstić information content (AvgIpc) is 3.42. The van der Waals surface area contributed by atoms with E-state index >= 15 is 0 Å². The van der Waals surface area contributed by atoms with Crippen LogP contribution in [-0.4, -0.2) is 74.7 Å². The van der Waals surface area contributed by atoms with E-state index in [2.05, 4.69) is 23.6 Å². The van der Waals surface area contributed by atoms with Gasteiger partial charge in [0.1, 0.15) is 16.1 Å². The molecule has 0 spiro atoms. The molecule has 1 saturated carbocycles. The number of carbonyl (C=O) groups excluding carboxylic acids is 1. The minimum absolute atomic E-state index is 0.0394. The molecule has 35 heavy (non-hydrogen) atoms. The Bertz CT molecular complexity index is 1120. The third-order valence-electron chi connectivity index (χ3n) is 6.69. The van der Waals surface area contributed by atoms with Crippen molar-refractivity contribution in [1.82, 2.24) is 9.80 Å². The maximum Gasteiger partial charge on any atom is 0.271 e. The number of sulfonamides is 1. The highest BCUT2D eigenvalue weighted by atomic mass is 32.2. The molecule has 10 heteroatoms. The van der Waals surface area contributed by atoms with Crippen LogP contribution in [0.25, 0.3) is 0 Å². The fraction of sp³-hybridized carbons (Fsp3) is 0.560. The first-order valence-electron chi connectivity index (χ1n) is 12.1. The number of ether oxygens (including phenoxy) is 1. The quantitative estimate of drug-likeness (QED) is 0.526. The highest BCUT2D eigenvalue weighted by molar-refractivity contribution is 7.94. The lowest BCUT2D eigenvalue weighted by molar-refractivity contribution is -0.134. The van der Waals surface area contributed by atoms with E-state index < -0.39 is 10.0 Å². The summed E-state index contributed by atoms with van der Waals surface area (Å²) in [5, 5.41) is 11.5. The molecule has 8 nitrogen and oxygen atoms in total. The third kappa shape index (κ3) is 6.55. The lowest BCUT2D eigenvalue weighted by atomic mass is 10.0. The average molecular weight is 522 g/mol. The summed E-state index contributed by atoms with van der Waals surface area (Å²) in [7, 11) is -1.61. The molecule has 0 saturated heterocycles. The number of aliphatic hydroxyl groups is 1. The van der Waals surface area contributed by atoms with Crippen molar-refractivity contribution in [2.75, 3.05) is 38.0 Å². The molecule has 1 fully saturated rings.